The van der Waals surface area contributed by atoms with Gasteiger partial charge in [-0.2, -0.15) is 0 Å². The van der Waals surface area contributed by atoms with E-state index in [4.69, 9.17) is 4.74 Å². The Labute approximate surface area is 122 Å². The van der Waals surface area contributed by atoms with Gasteiger partial charge in [-0.25, -0.2) is 0 Å². The summed E-state index contributed by atoms with van der Waals surface area (Å²) < 4.78 is 5.56. The van der Waals surface area contributed by atoms with Crippen LogP contribution in [0.25, 0.3) is 0 Å². The third kappa shape index (κ3) is 3.09. The second kappa shape index (κ2) is 5.51. The van der Waals surface area contributed by atoms with Crippen LogP contribution < -0.4 is 15.4 Å². The maximum absolute atomic E-state index is 11.6. The van der Waals surface area contributed by atoms with Crippen molar-refractivity contribution < 1.29 is 9.53 Å². The maximum atomic E-state index is 11.6. The van der Waals surface area contributed by atoms with E-state index in [9.17, 15) is 4.79 Å². The Kier molecular flexibility index (Phi) is 4.16. The highest BCUT2D eigenvalue weighted by atomic mass is 79.9. The number of benzene rings is 1. The summed E-state index contributed by atoms with van der Waals surface area (Å²) in [5.74, 6) is 0.640. The Morgan fingerprint density at radius 1 is 1.47 bits per heavy atom. The van der Waals surface area contributed by atoms with E-state index in [0.717, 1.165) is 29.0 Å². The van der Waals surface area contributed by atoms with Crippen LogP contribution in [-0.2, 0) is 10.2 Å². The molecule has 19 heavy (non-hydrogen) atoms. The Morgan fingerprint density at radius 3 is 2.89 bits per heavy atom. The van der Waals surface area contributed by atoms with Gasteiger partial charge in [0.05, 0.1) is 11.1 Å². The molecule has 0 saturated carbocycles. The number of hydrogen-bond acceptors (Lipinski definition) is 3. The first-order chi connectivity index (χ1) is 8.94. The fourth-order valence-corrected chi connectivity index (χ4v) is 2.29. The number of anilines is 1. The Balaban J connectivity index is 2.26. The molecule has 0 aliphatic carbocycles. The second-order valence-corrected chi connectivity index (χ2v) is 5.97. The van der Waals surface area contributed by atoms with E-state index in [-0.39, 0.29) is 11.3 Å². The van der Waals surface area contributed by atoms with Gasteiger partial charge in [-0.1, -0.05) is 35.8 Å². The Hall–Kier alpha value is -1.07. The Bertz CT molecular complexity index is 488. The summed E-state index contributed by atoms with van der Waals surface area (Å²) in [6.07, 6.45) is -0.429. The largest absolute Gasteiger partial charge is 0.479 e. The van der Waals surface area contributed by atoms with Crippen LogP contribution in [0.1, 0.15) is 26.3 Å². The number of fused-ring (bicyclic) bond motifs is 1. The van der Waals surface area contributed by atoms with Crippen LogP contribution in [0, 0.1) is 0 Å². The van der Waals surface area contributed by atoms with Gasteiger partial charge < -0.3 is 15.4 Å². The Morgan fingerprint density at radius 2 is 2.21 bits per heavy atom. The molecule has 1 atom stereocenters. The minimum Gasteiger partial charge on any atom is -0.479 e. The molecule has 5 heteroatoms. The molecule has 0 radical (unpaired) electrons. The van der Waals surface area contributed by atoms with Crippen molar-refractivity contribution in [2.45, 2.75) is 32.3 Å². The van der Waals surface area contributed by atoms with E-state index in [1.807, 2.05) is 12.1 Å². The van der Waals surface area contributed by atoms with Crippen molar-refractivity contribution in [3.8, 4) is 5.75 Å². The molecule has 0 bridgehead atoms. The van der Waals surface area contributed by atoms with Crippen LogP contribution in [0.3, 0.4) is 0 Å². The molecule has 104 valence electrons. The van der Waals surface area contributed by atoms with Gasteiger partial charge in [-0.3, -0.25) is 4.79 Å². The molecule has 0 aromatic heterocycles. The molecular formula is C14H19BrN2O2. The van der Waals surface area contributed by atoms with Gasteiger partial charge in [0.25, 0.3) is 5.91 Å². The summed E-state index contributed by atoms with van der Waals surface area (Å²) in [7, 11) is 0. The van der Waals surface area contributed by atoms with Crippen molar-refractivity contribution in [1.82, 2.24) is 5.32 Å². The number of alkyl halides is 1. The zero-order valence-electron chi connectivity index (χ0n) is 11.4. The molecule has 1 amide bonds. The van der Waals surface area contributed by atoms with Crippen molar-refractivity contribution in [2.75, 3.05) is 17.3 Å². The average Bonchev–Trinajstić information content (AvgIpc) is 2.37. The van der Waals surface area contributed by atoms with Crippen molar-refractivity contribution in [3.63, 3.8) is 0 Å². The number of ether oxygens (including phenoxy) is 1. The summed E-state index contributed by atoms with van der Waals surface area (Å²) in [6.45, 7) is 6.93. The van der Waals surface area contributed by atoms with Gasteiger partial charge in [-0.15, -0.1) is 0 Å². The average molecular weight is 327 g/mol. The van der Waals surface area contributed by atoms with Crippen molar-refractivity contribution >= 4 is 27.5 Å². The van der Waals surface area contributed by atoms with Crippen LogP contribution in [0.4, 0.5) is 5.69 Å². The van der Waals surface area contributed by atoms with Gasteiger partial charge >= 0.3 is 0 Å². The number of carbonyl (C=O) groups excluding carboxylic acids is 1. The first-order valence-electron chi connectivity index (χ1n) is 6.33. The van der Waals surface area contributed by atoms with Gasteiger partial charge in [0, 0.05) is 12.0 Å². The highest BCUT2D eigenvalue weighted by molar-refractivity contribution is 9.09. The number of hydrogen-bond donors (Lipinski definition) is 2. The molecule has 0 spiro atoms. The lowest BCUT2D eigenvalue weighted by Gasteiger charge is -2.29. The summed E-state index contributed by atoms with van der Waals surface area (Å²) in [5, 5.41) is 6.17. The number of amides is 1. The van der Waals surface area contributed by atoms with Gasteiger partial charge in [-0.05, 0) is 24.6 Å². The van der Waals surface area contributed by atoms with E-state index in [1.54, 1.807) is 6.92 Å². The lowest BCUT2D eigenvalue weighted by Crippen LogP contribution is -2.35. The molecule has 2 rings (SSSR count). The summed E-state index contributed by atoms with van der Waals surface area (Å²) >= 11 is 3.36. The van der Waals surface area contributed by atoms with Crippen molar-refractivity contribution in [1.29, 1.82) is 0 Å². The molecule has 2 N–H and O–H groups in total. The second-order valence-electron chi connectivity index (χ2n) is 5.40. The van der Waals surface area contributed by atoms with Crippen LogP contribution in [0.15, 0.2) is 18.2 Å². The van der Waals surface area contributed by atoms with Crippen LogP contribution >= 0.6 is 15.9 Å². The predicted octanol–water partition coefficient (Wildman–Crippen LogP) is 2.63. The normalized spacial score (nSPS) is 18.5. The lowest BCUT2D eigenvalue weighted by molar-refractivity contribution is -0.122. The third-order valence-corrected chi connectivity index (χ3v) is 3.75. The predicted molar refractivity (Wildman–Crippen MR) is 80.0 cm³/mol. The zero-order valence-corrected chi connectivity index (χ0v) is 13.0. The zero-order chi connectivity index (χ0) is 14.0. The van der Waals surface area contributed by atoms with Crippen molar-refractivity contribution in [3.05, 3.63) is 23.8 Å². The number of rotatable bonds is 4. The van der Waals surface area contributed by atoms with Gasteiger partial charge in [0.15, 0.2) is 6.10 Å². The van der Waals surface area contributed by atoms with E-state index in [0.29, 0.717) is 0 Å². The number of halogens is 1. The molecule has 1 unspecified atom stereocenters. The van der Waals surface area contributed by atoms with Crippen LogP contribution in [-0.4, -0.2) is 24.0 Å². The van der Waals surface area contributed by atoms with E-state index in [1.165, 1.54) is 0 Å². The highest BCUT2D eigenvalue weighted by Crippen LogP contribution is 2.34. The monoisotopic (exact) mass is 326 g/mol. The molecule has 1 aromatic carbocycles. The first kappa shape index (κ1) is 14.3. The molecule has 0 saturated heterocycles. The SMILES string of the molecule is CC1Oc2ccc(C(C)(C)CNCBr)cc2NC1=O. The molecule has 1 aliphatic rings. The fraction of sp³-hybridized carbons (Fsp3) is 0.500. The topological polar surface area (TPSA) is 50.4 Å². The lowest BCUT2D eigenvalue weighted by atomic mass is 9.84. The number of nitrogens with one attached hydrogen (secondary N) is 2. The van der Waals surface area contributed by atoms with Gasteiger partial charge in [0.2, 0.25) is 0 Å². The molecular weight excluding hydrogens is 308 g/mol. The molecule has 1 aliphatic heterocycles. The standard InChI is InChI=1S/C14H19BrN2O2/c1-9-13(18)17-11-6-10(4-5-12(11)19-9)14(2,3)7-16-8-15/h4-6,9,16H,7-8H2,1-3H3,(H,17,18). The number of carbonyl (C=O) groups is 1. The molecule has 4 nitrogen and oxygen atoms in total. The molecule has 1 heterocycles. The fourth-order valence-electron chi connectivity index (χ4n) is 2.09. The van der Waals surface area contributed by atoms with Crippen molar-refractivity contribution in [2.24, 2.45) is 0 Å². The minimum atomic E-state index is -0.429. The minimum absolute atomic E-state index is 0.0173. The van der Waals surface area contributed by atoms with Crippen LogP contribution in [0.5, 0.6) is 5.75 Å². The highest BCUT2D eigenvalue weighted by Gasteiger charge is 2.26. The summed E-state index contributed by atoms with van der Waals surface area (Å²) in [6, 6.07) is 5.98. The summed E-state index contributed by atoms with van der Waals surface area (Å²) in [4.78, 5) is 11.6. The van der Waals surface area contributed by atoms with Crippen LogP contribution in [0.2, 0.25) is 0 Å². The van der Waals surface area contributed by atoms with E-state index in [2.05, 4.69) is 46.5 Å². The first-order valence-corrected chi connectivity index (χ1v) is 7.45. The van der Waals surface area contributed by atoms with E-state index >= 15 is 0 Å². The maximum Gasteiger partial charge on any atom is 0.265 e. The summed E-state index contributed by atoms with van der Waals surface area (Å²) in [5.41, 5.74) is 2.67. The quantitative estimate of drug-likeness (QED) is 0.660. The molecule has 1 aromatic rings. The van der Waals surface area contributed by atoms with E-state index < -0.39 is 6.10 Å². The van der Waals surface area contributed by atoms with Gasteiger partial charge in [0.1, 0.15) is 5.75 Å². The molecule has 0 fully saturated rings. The third-order valence-electron chi connectivity index (χ3n) is 3.35. The smallest absolute Gasteiger partial charge is 0.265 e.